The monoisotopic (exact) mass is 355 g/mol. The quantitative estimate of drug-likeness (QED) is 0.785. The summed E-state index contributed by atoms with van der Waals surface area (Å²) in [6.07, 6.45) is 1.40. The van der Waals surface area contributed by atoms with E-state index in [4.69, 9.17) is 5.11 Å². The summed E-state index contributed by atoms with van der Waals surface area (Å²) < 4.78 is 26.1. The minimum Gasteiger partial charge on any atom is -0.480 e. The van der Waals surface area contributed by atoms with Crippen LogP contribution in [0.3, 0.4) is 0 Å². The standard InChI is InChI=1S/C17H23F2N3O3/c1-3-22(10-16(23)24)13-7-12(8-13)20-17(25)21(2)9-11-4-5-14(18)15(19)6-11/h4-6,12-13H,3,7-10H2,1-2H3,(H,20,25)(H,23,24). The van der Waals surface area contributed by atoms with Gasteiger partial charge in [0.15, 0.2) is 11.6 Å². The van der Waals surface area contributed by atoms with Crippen LogP contribution in [0.4, 0.5) is 13.6 Å². The van der Waals surface area contributed by atoms with Crippen LogP contribution in [0.2, 0.25) is 0 Å². The van der Waals surface area contributed by atoms with E-state index in [2.05, 4.69) is 5.32 Å². The van der Waals surface area contributed by atoms with Crippen LogP contribution in [0.15, 0.2) is 18.2 Å². The Morgan fingerprint density at radius 1 is 1.28 bits per heavy atom. The highest BCUT2D eigenvalue weighted by molar-refractivity contribution is 5.74. The summed E-state index contributed by atoms with van der Waals surface area (Å²) in [7, 11) is 1.58. The number of amides is 2. The molecule has 138 valence electrons. The van der Waals surface area contributed by atoms with Gasteiger partial charge in [0.25, 0.3) is 0 Å². The molecule has 1 saturated carbocycles. The lowest BCUT2D eigenvalue weighted by molar-refractivity contribution is -0.139. The number of aliphatic carboxylic acids is 1. The molecule has 1 aromatic rings. The topological polar surface area (TPSA) is 72.9 Å². The maximum absolute atomic E-state index is 13.2. The first-order valence-electron chi connectivity index (χ1n) is 8.21. The van der Waals surface area contributed by atoms with Crippen molar-refractivity contribution in [1.29, 1.82) is 0 Å². The largest absolute Gasteiger partial charge is 0.480 e. The van der Waals surface area contributed by atoms with Gasteiger partial charge in [-0.05, 0) is 37.1 Å². The van der Waals surface area contributed by atoms with Gasteiger partial charge in [-0.2, -0.15) is 0 Å². The van der Waals surface area contributed by atoms with Gasteiger partial charge in [-0.3, -0.25) is 9.69 Å². The maximum Gasteiger partial charge on any atom is 0.317 e. The van der Waals surface area contributed by atoms with Crippen molar-refractivity contribution < 1.29 is 23.5 Å². The summed E-state index contributed by atoms with van der Waals surface area (Å²) >= 11 is 0. The molecule has 1 aliphatic rings. The molecule has 0 bridgehead atoms. The fraction of sp³-hybridized carbons (Fsp3) is 0.529. The number of nitrogens with one attached hydrogen (secondary N) is 1. The summed E-state index contributed by atoms with van der Waals surface area (Å²) in [6, 6.07) is 3.40. The first kappa shape index (κ1) is 19.1. The van der Waals surface area contributed by atoms with Crippen molar-refractivity contribution in [3.63, 3.8) is 0 Å². The molecule has 25 heavy (non-hydrogen) atoms. The number of rotatable bonds is 7. The molecule has 0 aromatic heterocycles. The van der Waals surface area contributed by atoms with Gasteiger partial charge in [0.2, 0.25) is 0 Å². The van der Waals surface area contributed by atoms with Crippen molar-refractivity contribution in [1.82, 2.24) is 15.1 Å². The van der Waals surface area contributed by atoms with Crippen LogP contribution in [0, 0.1) is 11.6 Å². The van der Waals surface area contributed by atoms with E-state index in [-0.39, 0.29) is 31.2 Å². The lowest BCUT2D eigenvalue weighted by atomic mass is 9.85. The van der Waals surface area contributed by atoms with Gasteiger partial charge in [-0.1, -0.05) is 13.0 Å². The third-order valence-electron chi connectivity index (χ3n) is 4.45. The lowest BCUT2D eigenvalue weighted by Gasteiger charge is -2.42. The Morgan fingerprint density at radius 2 is 1.96 bits per heavy atom. The molecule has 1 fully saturated rings. The van der Waals surface area contributed by atoms with E-state index in [1.807, 2.05) is 11.8 Å². The Kier molecular flexibility index (Phi) is 6.30. The molecule has 0 radical (unpaired) electrons. The van der Waals surface area contributed by atoms with E-state index in [0.29, 0.717) is 24.9 Å². The van der Waals surface area contributed by atoms with Crippen molar-refractivity contribution >= 4 is 12.0 Å². The predicted octanol–water partition coefficient (Wildman–Crippen LogP) is 2.04. The van der Waals surface area contributed by atoms with Crippen molar-refractivity contribution in [3.8, 4) is 0 Å². The minimum atomic E-state index is -0.939. The van der Waals surface area contributed by atoms with E-state index in [1.54, 1.807) is 7.05 Å². The highest BCUT2D eigenvalue weighted by Gasteiger charge is 2.35. The summed E-state index contributed by atoms with van der Waals surface area (Å²) in [5.74, 6) is -2.72. The second-order valence-corrected chi connectivity index (χ2v) is 6.33. The van der Waals surface area contributed by atoms with Crippen LogP contribution < -0.4 is 5.32 Å². The second-order valence-electron chi connectivity index (χ2n) is 6.33. The smallest absolute Gasteiger partial charge is 0.317 e. The van der Waals surface area contributed by atoms with Crippen LogP contribution in [0.5, 0.6) is 0 Å². The second kappa shape index (κ2) is 8.24. The number of nitrogens with zero attached hydrogens (tertiary/aromatic N) is 2. The number of halogens is 2. The summed E-state index contributed by atoms with van der Waals surface area (Å²) in [5.41, 5.74) is 0.502. The number of benzene rings is 1. The van der Waals surface area contributed by atoms with Crippen LogP contribution >= 0.6 is 0 Å². The van der Waals surface area contributed by atoms with Gasteiger partial charge in [-0.15, -0.1) is 0 Å². The molecule has 6 nitrogen and oxygen atoms in total. The third-order valence-corrected chi connectivity index (χ3v) is 4.45. The minimum absolute atomic E-state index is 0.00212. The van der Waals surface area contributed by atoms with Crippen molar-refractivity contribution in [3.05, 3.63) is 35.4 Å². The first-order valence-corrected chi connectivity index (χ1v) is 8.21. The van der Waals surface area contributed by atoms with Crippen LogP contribution in [0.25, 0.3) is 0 Å². The van der Waals surface area contributed by atoms with Crippen molar-refractivity contribution in [2.45, 2.75) is 38.4 Å². The number of carboxylic acids is 1. The maximum atomic E-state index is 13.2. The zero-order valence-corrected chi connectivity index (χ0v) is 14.3. The molecule has 0 saturated heterocycles. The summed E-state index contributed by atoms with van der Waals surface area (Å²) in [5, 5.41) is 11.7. The Hall–Kier alpha value is -2.22. The van der Waals surface area contributed by atoms with Gasteiger partial charge < -0.3 is 15.3 Å². The van der Waals surface area contributed by atoms with Gasteiger partial charge >= 0.3 is 12.0 Å². The Bertz CT molecular complexity index is 636. The molecule has 1 aromatic carbocycles. The molecule has 0 heterocycles. The highest BCUT2D eigenvalue weighted by atomic mass is 19.2. The van der Waals surface area contributed by atoms with Gasteiger partial charge in [-0.25, -0.2) is 13.6 Å². The molecule has 2 rings (SSSR count). The number of carboxylic acid groups (broad SMARTS) is 1. The fourth-order valence-corrected chi connectivity index (χ4v) is 2.95. The molecule has 2 N–H and O–H groups in total. The summed E-state index contributed by atoms with van der Waals surface area (Å²) in [6.45, 7) is 2.72. The zero-order valence-electron chi connectivity index (χ0n) is 14.3. The molecule has 0 unspecified atom stereocenters. The van der Waals surface area contributed by atoms with Crippen LogP contribution in [-0.2, 0) is 11.3 Å². The van der Waals surface area contributed by atoms with Gasteiger partial charge in [0.1, 0.15) is 0 Å². The number of urea groups is 1. The van der Waals surface area contributed by atoms with E-state index >= 15 is 0 Å². The first-order chi connectivity index (χ1) is 11.8. The Morgan fingerprint density at radius 3 is 2.52 bits per heavy atom. The fourth-order valence-electron chi connectivity index (χ4n) is 2.95. The average Bonchev–Trinajstić information content (AvgIpc) is 2.51. The Balaban J connectivity index is 1.78. The summed E-state index contributed by atoms with van der Waals surface area (Å²) in [4.78, 5) is 26.2. The van der Waals surface area contributed by atoms with Gasteiger partial charge in [0, 0.05) is 25.7 Å². The molecule has 0 atom stereocenters. The molecule has 2 amide bonds. The Labute approximate surface area is 145 Å². The molecular formula is C17H23F2N3O3. The van der Waals surface area contributed by atoms with E-state index in [0.717, 1.165) is 12.1 Å². The molecule has 1 aliphatic carbocycles. The van der Waals surface area contributed by atoms with Crippen LogP contribution in [-0.4, -0.2) is 59.1 Å². The molecule has 0 spiro atoms. The lowest BCUT2D eigenvalue weighted by Crippen LogP contribution is -2.56. The van der Waals surface area contributed by atoms with Crippen molar-refractivity contribution in [2.24, 2.45) is 0 Å². The third kappa shape index (κ3) is 5.12. The zero-order chi connectivity index (χ0) is 18.6. The molecule has 0 aliphatic heterocycles. The number of carbonyl (C=O) groups excluding carboxylic acids is 1. The van der Waals surface area contributed by atoms with Crippen molar-refractivity contribution in [2.75, 3.05) is 20.1 Å². The van der Waals surface area contributed by atoms with Crippen LogP contribution in [0.1, 0.15) is 25.3 Å². The predicted molar refractivity (Wildman–Crippen MR) is 88.0 cm³/mol. The molecule has 8 heteroatoms. The number of carbonyl (C=O) groups is 2. The number of hydrogen-bond donors (Lipinski definition) is 2. The highest BCUT2D eigenvalue weighted by Crippen LogP contribution is 2.25. The SMILES string of the molecule is CCN(CC(=O)O)C1CC(NC(=O)N(C)Cc2ccc(F)c(F)c2)C1. The van der Waals surface area contributed by atoms with Gasteiger partial charge in [0.05, 0.1) is 6.54 Å². The average molecular weight is 355 g/mol. The number of hydrogen-bond acceptors (Lipinski definition) is 3. The number of likely N-dealkylation sites (N-methyl/N-ethyl adjacent to an activating group) is 1. The van der Waals surface area contributed by atoms with E-state index in [1.165, 1.54) is 11.0 Å². The molecular weight excluding hydrogens is 332 g/mol. The van der Waals surface area contributed by atoms with E-state index in [9.17, 15) is 18.4 Å². The normalized spacial score (nSPS) is 19.4. The van der Waals surface area contributed by atoms with E-state index < -0.39 is 17.6 Å².